The summed E-state index contributed by atoms with van der Waals surface area (Å²) in [5, 5.41) is 1.21. The fourth-order valence-corrected chi connectivity index (χ4v) is 6.33. The molecule has 2 aliphatic heterocycles. The Kier molecular flexibility index (Phi) is 6.31. The van der Waals surface area contributed by atoms with Gasteiger partial charge in [0.1, 0.15) is 22.6 Å². The number of nitrogens with zero attached hydrogens (tertiary/aromatic N) is 1. The third kappa shape index (κ3) is 4.00. The number of H-pyrrole nitrogens is 1. The second-order valence-electron chi connectivity index (χ2n) is 8.89. The molecule has 35 heavy (non-hydrogen) atoms. The standard InChI is InChI=1S/C26H27F2N3O3S/c1-3-15-7-5-8-16-17-11-12-34-26(4-2,24(17)29-23(15)16)13-20(32)30-31-21(33)14-35-25(31)22-18(27)9-6-10-19(22)28/h5-10,25,29H,3-4,11-14H2,1-2H3,(H,30,32). The number of hydrogen-bond acceptors (Lipinski definition) is 4. The van der Waals surface area contributed by atoms with Gasteiger partial charge in [0.2, 0.25) is 5.91 Å². The number of aromatic nitrogens is 1. The number of rotatable bonds is 6. The van der Waals surface area contributed by atoms with Crippen LogP contribution in [-0.4, -0.2) is 34.2 Å². The van der Waals surface area contributed by atoms with E-state index in [0.29, 0.717) is 13.0 Å². The zero-order chi connectivity index (χ0) is 24.7. The van der Waals surface area contributed by atoms with Crippen molar-refractivity contribution in [2.45, 2.75) is 50.5 Å². The van der Waals surface area contributed by atoms with Gasteiger partial charge in [0.25, 0.3) is 5.91 Å². The Balaban J connectivity index is 1.44. The van der Waals surface area contributed by atoms with Crippen LogP contribution >= 0.6 is 11.8 Å². The highest BCUT2D eigenvalue weighted by atomic mass is 32.2. The van der Waals surface area contributed by atoms with Gasteiger partial charge in [0.15, 0.2) is 0 Å². The molecule has 6 nitrogen and oxygen atoms in total. The summed E-state index contributed by atoms with van der Waals surface area (Å²) in [7, 11) is 0. The smallest absolute Gasteiger partial charge is 0.252 e. The lowest BCUT2D eigenvalue weighted by Crippen LogP contribution is -2.48. The van der Waals surface area contributed by atoms with Crippen LogP contribution in [0.5, 0.6) is 0 Å². The van der Waals surface area contributed by atoms with E-state index in [9.17, 15) is 18.4 Å². The lowest BCUT2D eigenvalue weighted by molar-refractivity contribution is -0.145. The summed E-state index contributed by atoms with van der Waals surface area (Å²) < 4.78 is 35.1. The van der Waals surface area contributed by atoms with E-state index in [1.54, 1.807) is 0 Å². The van der Waals surface area contributed by atoms with E-state index in [-0.39, 0.29) is 17.7 Å². The molecule has 2 amide bonds. The van der Waals surface area contributed by atoms with Gasteiger partial charge in [-0.1, -0.05) is 38.1 Å². The molecule has 0 spiro atoms. The number of ether oxygens (including phenoxy) is 1. The summed E-state index contributed by atoms with van der Waals surface area (Å²) in [4.78, 5) is 29.4. The van der Waals surface area contributed by atoms with Crippen LogP contribution < -0.4 is 5.43 Å². The molecule has 2 aliphatic rings. The number of thioether (sulfide) groups is 1. The number of fused-ring (bicyclic) bond motifs is 3. The Morgan fingerprint density at radius 1 is 1.23 bits per heavy atom. The molecule has 1 aromatic heterocycles. The molecule has 3 heterocycles. The van der Waals surface area contributed by atoms with Gasteiger partial charge in [0.05, 0.1) is 30.0 Å². The summed E-state index contributed by atoms with van der Waals surface area (Å²) in [5.74, 6) is -2.37. The van der Waals surface area contributed by atoms with Crippen molar-refractivity contribution in [3.8, 4) is 0 Å². The topological polar surface area (TPSA) is 74.4 Å². The quantitative estimate of drug-likeness (QED) is 0.507. The predicted molar refractivity (Wildman–Crippen MR) is 130 cm³/mol. The van der Waals surface area contributed by atoms with Crippen molar-refractivity contribution < 1.29 is 23.1 Å². The number of hydrogen-bond donors (Lipinski definition) is 2. The molecule has 1 fully saturated rings. The fourth-order valence-electron chi connectivity index (χ4n) is 5.18. The number of nitrogens with one attached hydrogen (secondary N) is 2. The maximum Gasteiger partial charge on any atom is 0.252 e. The Morgan fingerprint density at radius 3 is 2.69 bits per heavy atom. The number of aryl methyl sites for hydroxylation is 1. The zero-order valence-electron chi connectivity index (χ0n) is 19.6. The van der Waals surface area contributed by atoms with Crippen LogP contribution in [0.15, 0.2) is 36.4 Å². The van der Waals surface area contributed by atoms with Gasteiger partial charge in [-0.25, -0.2) is 13.8 Å². The monoisotopic (exact) mass is 499 g/mol. The highest BCUT2D eigenvalue weighted by Crippen LogP contribution is 2.43. The number of benzene rings is 2. The van der Waals surface area contributed by atoms with Crippen LogP contribution in [0.4, 0.5) is 8.78 Å². The normalized spacial score (nSPS) is 22.0. The van der Waals surface area contributed by atoms with Gasteiger partial charge >= 0.3 is 0 Å². The van der Waals surface area contributed by atoms with Crippen LogP contribution in [0.2, 0.25) is 0 Å². The molecule has 0 aliphatic carbocycles. The maximum absolute atomic E-state index is 14.4. The minimum atomic E-state index is -0.978. The third-order valence-electron chi connectivity index (χ3n) is 6.97. The molecule has 5 rings (SSSR count). The van der Waals surface area contributed by atoms with E-state index >= 15 is 0 Å². The van der Waals surface area contributed by atoms with Gasteiger partial charge < -0.3 is 9.72 Å². The first-order valence-corrected chi connectivity index (χ1v) is 12.9. The van der Waals surface area contributed by atoms with Crippen LogP contribution in [0.25, 0.3) is 10.9 Å². The predicted octanol–water partition coefficient (Wildman–Crippen LogP) is 4.88. The SMILES string of the molecule is CCc1cccc2c3c([nH]c12)C(CC)(CC(=O)NN1C(=O)CSC1c1c(F)cccc1F)OCC3. The van der Waals surface area contributed by atoms with E-state index in [0.717, 1.165) is 63.9 Å². The van der Waals surface area contributed by atoms with Gasteiger partial charge in [-0.15, -0.1) is 11.8 Å². The van der Waals surface area contributed by atoms with Gasteiger partial charge in [-0.3, -0.25) is 15.0 Å². The molecular formula is C26H27F2N3O3S. The molecule has 9 heteroatoms. The first-order chi connectivity index (χ1) is 16.9. The summed E-state index contributed by atoms with van der Waals surface area (Å²) in [5.41, 5.74) is 5.78. The minimum absolute atomic E-state index is 0.0140. The number of carbonyl (C=O) groups is 2. The average Bonchev–Trinajstić information content (AvgIpc) is 3.40. The number of halogens is 2. The number of amides is 2. The molecule has 2 N–H and O–H groups in total. The molecule has 2 unspecified atom stereocenters. The molecule has 2 aromatic carbocycles. The first-order valence-electron chi connectivity index (χ1n) is 11.8. The van der Waals surface area contributed by atoms with E-state index in [1.165, 1.54) is 11.6 Å². The number of hydrazine groups is 1. The van der Waals surface area contributed by atoms with Crippen LogP contribution in [0.3, 0.4) is 0 Å². The van der Waals surface area contributed by atoms with Crippen molar-refractivity contribution in [3.63, 3.8) is 0 Å². The van der Waals surface area contributed by atoms with Crippen LogP contribution in [0.1, 0.15) is 54.4 Å². The molecule has 2 atom stereocenters. The second-order valence-corrected chi connectivity index (χ2v) is 9.96. The van der Waals surface area contributed by atoms with E-state index in [4.69, 9.17) is 4.74 Å². The molecule has 1 saturated heterocycles. The van der Waals surface area contributed by atoms with Gasteiger partial charge in [-0.2, -0.15) is 0 Å². The number of carbonyl (C=O) groups excluding carboxylic acids is 2. The number of para-hydroxylation sites is 1. The summed E-state index contributed by atoms with van der Waals surface area (Å²) in [6.45, 7) is 4.54. The first kappa shape index (κ1) is 23.8. The summed E-state index contributed by atoms with van der Waals surface area (Å²) in [6, 6.07) is 9.78. The lowest BCUT2D eigenvalue weighted by atomic mass is 9.86. The van der Waals surface area contributed by atoms with Gasteiger partial charge in [0, 0.05) is 10.9 Å². The third-order valence-corrected chi connectivity index (χ3v) is 8.15. The molecule has 184 valence electrons. The largest absolute Gasteiger partial charge is 0.368 e. The van der Waals surface area contributed by atoms with Crippen molar-refractivity contribution in [2.24, 2.45) is 0 Å². The molecule has 0 bridgehead atoms. The molecule has 3 aromatic rings. The van der Waals surface area contributed by atoms with Gasteiger partial charge in [-0.05, 0) is 42.5 Å². The van der Waals surface area contributed by atoms with Crippen molar-refractivity contribution in [3.05, 3.63) is 70.4 Å². The molecule has 0 radical (unpaired) electrons. The molecule has 0 saturated carbocycles. The number of aromatic amines is 1. The summed E-state index contributed by atoms with van der Waals surface area (Å²) in [6.07, 6.45) is 2.11. The van der Waals surface area contributed by atoms with E-state index < -0.39 is 34.4 Å². The van der Waals surface area contributed by atoms with Crippen molar-refractivity contribution in [1.29, 1.82) is 0 Å². The lowest BCUT2D eigenvalue weighted by Gasteiger charge is -2.37. The molecular weight excluding hydrogens is 472 g/mol. The van der Waals surface area contributed by atoms with E-state index in [2.05, 4.69) is 29.5 Å². The van der Waals surface area contributed by atoms with E-state index in [1.807, 2.05) is 13.0 Å². The highest BCUT2D eigenvalue weighted by molar-refractivity contribution is 8.00. The van der Waals surface area contributed by atoms with Crippen molar-refractivity contribution >= 4 is 34.5 Å². The van der Waals surface area contributed by atoms with Crippen molar-refractivity contribution in [2.75, 3.05) is 12.4 Å². The maximum atomic E-state index is 14.4. The Bertz CT molecular complexity index is 1290. The Labute approximate surface area is 206 Å². The van der Waals surface area contributed by atoms with Crippen molar-refractivity contribution in [1.82, 2.24) is 15.4 Å². The Hall–Kier alpha value is -2.91. The highest BCUT2D eigenvalue weighted by Gasteiger charge is 2.43. The summed E-state index contributed by atoms with van der Waals surface area (Å²) >= 11 is 1.07. The fraction of sp³-hybridized carbons (Fsp3) is 0.385. The average molecular weight is 500 g/mol. The van der Waals surface area contributed by atoms with Crippen LogP contribution in [-0.2, 0) is 32.8 Å². The Morgan fingerprint density at radius 2 is 1.97 bits per heavy atom. The zero-order valence-corrected chi connectivity index (χ0v) is 20.4. The van der Waals surface area contributed by atoms with Crippen LogP contribution in [0, 0.1) is 11.6 Å². The minimum Gasteiger partial charge on any atom is -0.368 e. The second kappa shape index (κ2) is 9.28.